The van der Waals surface area contributed by atoms with Crippen molar-refractivity contribution in [1.82, 2.24) is 10.2 Å². The molecule has 3 nitrogen and oxygen atoms in total. The largest absolute Gasteiger partial charge is 0.352 e. The molecule has 2 unspecified atom stereocenters. The first kappa shape index (κ1) is 15.3. The first-order chi connectivity index (χ1) is 9.65. The quantitative estimate of drug-likeness (QED) is 0.847. The van der Waals surface area contributed by atoms with Crippen LogP contribution in [-0.4, -0.2) is 36.1 Å². The highest BCUT2D eigenvalue weighted by Gasteiger charge is 2.21. The summed E-state index contributed by atoms with van der Waals surface area (Å²) in [5.74, 6) is -0.362. The molecule has 1 saturated heterocycles. The third-order valence-electron chi connectivity index (χ3n) is 3.62. The molecule has 1 amide bonds. The van der Waals surface area contributed by atoms with Crippen LogP contribution >= 0.6 is 11.6 Å². The number of rotatable bonds is 5. The van der Waals surface area contributed by atoms with Crippen LogP contribution in [0.25, 0.3) is 0 Å². The third-order valence-corrected chi connectivity index (χ3v) is 3.81. The number of piperidine rings is 1. The Labute approximate surface area is 124 Å². The number of likely N-dealkylation sites (tertiary alicyclic amines) is 1. The molecule has 0 aromatic heterocycles. The lowest BCUT2D eigenvalue weighted by molar-refractivity contribution is -0.123. The van der Waals surface area contributed by atoms with Gasteiger partial charge in [0.25, 0.3) is 11.5 Å². The normalized spacial score (nSPS) is 21.4. The Bertz CT molecular complexity index is 427. The highest BCUT2D eigenvalue weighted by atomic mass is 35.5. The summed E-state index contributed by atoms with van der Waals surface area (Å²) in [7, 11) is 0. The predicted octanol–water partition coefficient (Wildman–Crippen LogP) is 2.55. The van der Waals surface area contributed by atoms with Gasteiger partial charge < -0.3 is 5.32 Å². The minimum absolute atomic E-state index is 0.367. The number of benzene rings is 1. The van der Waals surface area contributed by atoms with Gasteiger partial charge in [-0.25, -0.2) is 4.39 Å². The van der Waals surface area contributed by atoms with Crippen molar-refractivity contribution in [2.45, 2.75) is 25.0 Å². The minimum atomic E-state index is -1.95. The van der Waals surface area contributed by atoms with E-state index in [0.29, 0.717) is 12.5 Å². The van der Waals surface area contributed by atoms with E-state index in [1.807, 2.05) is 18.2 Å². The smallest absolute Gasteiger partial charge is 0.270 e. The molecule has 1 fully saturated rings. The Morgan fingerprint density at radius 2 is 2.20 bits per heavy atom. The van der Waals surface area contributed by atoms with Gasteiger partial charge in [-0.3, -0.25) is 9.69 Å². The molecule has 1 aliphatic heterocycles. The number of hydrogen-bond acceptors (Lipinski definition) is 2. The topological polar surface area (TPSA) is 32.3 Å². The van der Waals surface area contributed by atoms with Gasteiger partial charge in [0.15, 0.2) is 0 Å². The maximum atomic E-state index is 12.6. The monoisotopic (exact) mass is 298 g/mol. The zero-order valence-electron chi connectivity index (χ0n) is 11.4. The van der Waals surface area contributed by atoms with Gasteiger partial charge in [0.1, 0.15) is 0 Å². The van der Waals surface area contributed by atoms with Crippen molar-refractivity contribution in [2.24, 2.45) is 5.92 Å². The average Bonchev–Trinajstić information content (AvgIpc) is 2.46. The number of carbonyl (C=O) groups excluding carboxylic acids is 1. The van der Waals surface area contributed by atoms with Crippen LogP contribution in [0.4, 0.5) is 4.39 Å². The molecule has 2 rings (SSSR count). The van der Waals surface area contributed by atoms with Crippen molar-refractivity contribution >= 4 is 17.5 Å². The Morgan fingerprint density at radius 1 is 1.45 bits per heavy atom. The first-order valence-electron chi connectivity index (χ1n) is 6.97. The molecule has 0 bridgehead atoms. The fraction of sp³-hybridized carbons (Fsp3) is 0.533. The summed E-state index contributed by atoms with van der Waals surface area (Å²) in [6, 6.07) is 10.3. The lowest BCUT2D eigenvalue weighted by atomic mass is 9.97. The van der Waals surface area contributed by atoms with E-state index in [1.165, 1.54) is 5.56 Å². The van der Waals surface area contributed by atoms with E-state index in [0.717, 1.165) is 32.5 Å². The van der Waals surface area contributed by atoms with Gasteiger partial charge in [0.05, 0.1) is 0 Å². The second kappa shape index (κ2) is 7.60. The zero-order chi connectivity index (χ0) is 14.4. The molecule has 1 aromatic rings. The third kappa shape index (κ3) is 4.76. The van der Waals surface area contributed by atoms with Crippen molar-refractivity contribution in [3.63, 3.8) is 0 Å². The lowest BCUT2D eigenvalue weighted by Gasteiger charge is -2.32. The minimum Gasteiger partial charge on any atom is -0.352 e. The molecule has 0 aliphatic carbocycles. The van der Waals surface area contributed by atoms with Crippen molar-refractivity contribution in [3.05, 3.63) is 35.9 Å². The Balaban J connectivity index is 1.78. The summed E-state index contributed by atoms with van der Waals surface area (Å²) in [5.41, 5.74) is -0.652. The second-order valence-electron chi connectivity index (χ2n) is 5.27. The standard InChI is InChI=1S/C15H20ClFN2O/c16-14(17)15(20)18-9-13-7-4-8-19(11-13)10-12-5-2-1-3-6-12/h1-3,5-6,13-14H,4,7-11H2,(H,18,20). The van der Waals surface area contributed by atoms with E-state index in [1.54, 1.807) is 0 Å². The predicted molar refractivity (Wildman–Crippen MR) is 78.2 cm³/mol. The first-order valence-corrected chi connectivity index (χ1v) is 7.41. The molecular weight excluding hydrogens is 279 g/mol. The number of carbonyl (C=O) groups is 1. The Hall–Kier alpha value is -1.13. The van der Waals surface area contributed by atoms with E-state index < -0.39 is 11.5 Å². The van der Waals surface area contributed by atoms with Crippen LogP contribution in [0.5, 0.6) is 0 Å². The molecular formula is C15H20ClFN2O. The summed E-state index contributed by atoms with van der Waals surface area (Å²) >= 11 is 5.09. The van der Waals surface area contributed by atoms with E-state index in [4.69, 9.17) is 11.6 Å². The maximum absolute atomic E-state index is 12.6. The number of hydrogen-bond donors (Lipinski definition) is 1. The Morgan fingerprint density at radius 3 is 2.90 bits per heavy atom. The number of halogens is 2. The van der Waals surface area contributed by atoms with Crippen LogP contribution in [0.2, 0.25) is 0 Å². The molecule has 5 heteroatoms. The van der Waals surface area contributed by atoms with Gasteiger partial charge in [0, 0.05) is 19.6 Å². The van der Waals surface area contributed by atoms with Crippen LogP contribution in [0.3, 0.4) is 0 Å². The SMILES string of the molecule is O=C(NCC1CCCN(Cc2ccccc2)C1)C(F)Cl. The highest BCUT2D eigenvalue weighted by Crippen LogP contribution is 2.18. The van der Waals surface area contributed by atoms with Crippen LogP contribution in [-0.2, 0) is 11.3 Å². The molecule has 1 aliphatic rings. The van der Waals surface area contributed by atoms with Crippen LogP contribution in [0.15, 0.2) is 30.3 Å². The molecule has 0 radical (unpaired) electrons. The molecule has 1 N–H and O–H groups in total. The van der Waals surface area contributed by atoms with Gasteiger partial charge in [-0.05, 0) is 30.9 Å². The van der Waals surface area contributed by atoms with E-state index in [9.17, 15) is 9.18 Å². The summed E-state index contributed by atoms with van der Waals surface area (Å²) < 4.78 is 12.6. The maximum Gasteiger partial charge on any atom is 0.270 e. The average molecular weight is 299 g/mol. The van der Waals surface area contributed by atoms with Crippen molar-refractivity contribution in [1.29, 1.82) is 0 Å². The van der Waals surface area contributed by atoms with E-state index in [2.05, 4.69) is 22.3 Å². The molecule has 1 heterocycles. The summed E-state index contributed by atoms with van der Waals surface area (Å²) in [6.45, 7) is 3.42. The molecule has 1 aromatic carbocycles. The highest BCUT2D eigenvalue weighted by molar-refractivity contribution is 6.29. The lowest BCUT2D eigenvalue weighted by Crippen LogP contribution is -2.41. The van der Waals surface area contributed by atoms with Crippen molar-refractivity contribution in [3.8, 4) is 0 Å². The fourth-order valence-corrected chi connectivity index (χ4v) is 2.70. The molecule has 20 heavy (non-hydrogen) atoms. The zero-order valence-corrected chi connectivity index (χ0v) is 12.2. The summed E-state index contributed by atoms with van der Waals surface area (Å²) in [6.07, 6.45) is 2.16. The van der Waals surface area contributed by atoms with E-state index in [-0.39, 0.29) is 0 Å². The fourth-order valence-electron chi connectivity index (χ4n) is 2.63. The molecule has 0 saturated carbocycles. The molecule has 2 atom stereocenters. The number of alkyl halides is 2. The van der Waals surface area contributed by atoms with Gasteiger partial charge in [0.2, 0.25) is 0 Å². The van der Waals surface area contributed by atoms with Crippen molar-refractivity contribution < 1.29 is 9.18 Å². The van der Waals surface area contributed by atoms with Crippen LogP contribution in [0.1, 0.15) is 18.4 Å². The van der Waals surface area contributed by atoms with Gasteiger partial charge >= 0.3 is 0 Å². The Kier molecular flexibility index (Phi) is 5.80. The van der Waals surface area contributed by atoms with Gasteiger partial charge in [-0.2, -0.15) is 0 Å². The molecule has 0 spiro atoms. The van der Waals surface area contributed by atoms with E-state index >= 15 is 0 Å². The van der Waals surface area contributed by atoms with Crippen LogP contribution < -0.4 is 5.32 Å². The van der Waals surface area contributed by atoms with Gasteiger partial charge in [-0.15, -0.1) is 0 Å². The second-order valence-corrected chi connectivity index (χ2v) is 5.66. The summed E-state index contributed by atoms with van der Waals surface area (Å²) in [5, 5.41) is 2.56. The number of amides is 1. The van der Waals surface area contributed by atoms with Gasteiger partial charge in [-0.1, -0.05) is 41.9 Å². The molecule has 110 valence electrons. The number of nitrogens with zero attached hydrogens (tertiary/aromatic N) is 1. The summed E-state index contributed by atoms with van der Waals surface area (Å²) in [4.78, 5) is 13.5. The van der Waals surface area contributed by atoms with Crippen LogP contribution in [0, 0.1) is 5.92 Å². The van der Waals surface area contributed by atoms with Crippen molar-refractivity contribution in [2.75, 3.05) is 19.6 Å². The number of nitrogens with one attached hydrogen (secondary N) is 1.